The van der Waals surface area contributed by atoms with Gasteiger partial charge in [0.25, 0.3) is 6.43 Å². The van der Waals surface area contributed by atoms with E-state index in [9.17, 15) is 8.78 Å². The minimum absolute atomic E-state index is 0.0125. The molecule has 2 aliphatic rings. The Bertz CT molecular complexity index is 464. The van der Waals surface area contributed by atoms with Crippen LogP contribution in [0.2, 0.25) is 0 Å². The van der Waals surface area contributed by atoms with Crippen LogP contribution in [0.1, 0.15) is 47.0 Å². The lowest BCUT2D eigenvalue weighted by Crippen LogP contribution is -2.70. The Balaban J connectivity index is 1.86. The predicted octanol–water partition coefficient (Wildman–Crippen LogP) is 2.47. The third-order valence-electron chi connectivity index (χ3n) is 6.23. The summed E-state index contributed by atoms with van der Waals surface area (Å²) in [6.45, 7) is 10.6. The Morgan fingerprint density at radius 2 is 1.88 bits per heavy atom. The van der Waals surface area contributed by atoms with Gasteiger partial charge in [0.2, 0.25) is 0 Å². The molecule has 0 aromatic rings. The second-order valence-electron chi connectivity index (χ2n) is 7.99. The van der Waals surface area contributed by atoms with E-state index >= 15 is 0 Å². The Morgan fingerprint density at radius 3 is 2.36 bits per heavy atom. The summed E-state index contributed by atoms with van der Waals surface area (Å²) in [5, 5.41) is 7.05. The van der Waals surface area contributed by atoms with Crippen molar-refractivity contribution in [1.82, 2.24) is 15.5 Å². The Labute approximate surface area is 150 Å². The molecule has 0 aromatic heterocycles. The zero-order valence-corrected chi connectivity index (χ0v) is 16.2. The van der Waals surface area contributed by atoms with Gasteiger partial charge in [-0.3, -0.25) is 9.89 Å². The summed E-state index contributed by atoms with van der Waals surface area (Å²) >= 11 is 0. The van der Waals surface area contributed by atoms with E-state index in [1.54, 1.807) is 7.11 Å². The van der Waals surface area contributed by atoms with Gasteiger partial charge in [-0.1, -0.05) is 13.8 Å². The van der Waals surface area contributed by atoms with E-state index < -0.39 is 6.43 Å². The lowest BCUT2D eigenvalue weighted by atomic mass is 9.56. The van der Waals surface area contributed by atoms with E-state index in [4.69, 9.17) is 4.74 Å². The number of piperidine rings is 1. The van der Waals surface area contributed by atoms with Crippen molar-refractivity contribution in [2.45, 2.75) is 71.1 Å². The topological polar surface area (TPSA) is 48.9 Å². The lowest BCUT2D eigenvalue weighted by Gasteiger charge is -2.59. The first-order chi connectivity index (χ1) is 11.7. The van der Waals surface area contributed by atoms with E-state index in [1.165, 1.54) is 0 Å². The molecule has 1 aliphatic carbocycles. The standard InChI is InChI=1S/C18H34F2N4O/c1-6-21-16(23-14-11-18(4,25-5)17(14,2)3)22-13-7-9-24(10-8-13)12-15(19)20/h13-15H,6-12H2,1-5H3,(H2,21,22,23). The van der Waals surface area contributed by atoms with E-state index in [-0.39, 0.29) is 23.6 Å². The molecule has 1 saturated heterocycles. The van der Waals surface area contributed by atoms with Gasteiger partial charge < -0.3 is 15.4 Å². The number of nitrogens with one attached hydrogen (secondary N) is 2. The van der Waals surface area contributed by atoms with Crippen LogP contribution in [0.3, 0.4) is 0 Å². The molecule has 0 aromatic carbocycles. The number of nitrogens with zero attached hydrogens (tertiary/aromatic N) is 2. The molecule has 0 spiro atoms. The number of hydrogen-bond acceptors (Lipinski definition) is 3. The molecule has 1 aliphatic heterocycles. The highest BCUT2D eigenvalue weighted by atomic mass is 19.3. The van der Waals surface area contributed by atoms with Crippen molar-refractivity contribution >= 4 is 5.96 Å². The van der Waals surface area contributed by atoms with Crippen molar-refractivity contribution in [2.75, 3.05) is 33.3 Å². The van der Waals surface area contributed by atoms with Gasteiger partial charge in [0, 0.05) is 44.2 Å². The first-order valence-corrected chi connectivity index (χ1v) is 9.35. The molecule has 1 heterocycles. The van der Waals surface area contributed by atoms with Crippen LogP contribution in [0.15, 0.2) is 4.99 Å². The number of hydrogen-bond donors (Lipinski definition) is 2. The van der Waals surface area contributed by atoms with Gasteiger partial charge in [0.15, 0.2) is 5.96 Å². The molecule has 2 rings (SSSR count). The fraction of sp³-hybridized carbons (Fsp3) is 0.944. The average Bonchev–Trinajstić information content (AvgIpc) is 2.55. The van der Waals surface area contributed by atoms with E-state index in [1.807, 2.05) is 11.8 Å². The Kier molecular flexibility index (Phi) is 6.65. The molecular formula is C18H34F2N4O. The van der Waals surface area contributed by atoms with Crippen LogP contribution < -0.4 is 10.6 Å². The second kappa shape index (κ2) is 8.16. The first kappa shape index (κ1) is 20.4. The van der Waals surface area contributed by atoms with Crippen LogP contribution in [0, 0.1) is 5.41 Å². The summed E-state index contributed by atoms with van der Waals surface area (Å²) in [7, 11) is 1.77. The molecule has 0 amide bonds. The maximum Gasteiger partial charge on any atom is 0.251 e. The molecule has 146 valence electrons. The molecule has 0 bridgehead atoms. The van der Waals surface area contributed by atoms with Crippen molar-refractivity contribution in [3.8, 4) is 0 Å². The molecular weight excluding hydrogens is 326 g/mol. The number of ether oxygens (including phenoxy) is 1. The largest absolute Gasteiger partial charge is 0.378 e. The van der Waals surface area contributed by atoms with E-state index in [0.29, 0.717) is 25.7 Å². The number of halogens is 2. The van der Waals surface area contributed by atoms with Crippen molar-refractivity contribution in [2.24, 2.45) is 10.4 Å². The molecule has 5 nitrogen and oxygen atoms in total. The molecule has 0 radical (unpaired) electrons. The molecule has 7 heteroatoms. The van der Waals surface area contributed by atoms with Gasteiger partial charge in [-0.15, -0.1) is 0 Å². The summed E-state index contributed by atoms with van der Waals surface area (Å²) in [4.78, 5) is 6.41. The van der Waals surface area contributed by atoms with Crippen LogP contribution in [-0.4, -0.2) is 68.3 Å². The molecule has 25 heavy (non-hydrogen) atoms. The average molecular weight is 360 g/mol. The van der Waals surface area contributed by atoms with E-state index in [2.05, 4.69) is 36.4 Å². The number of rotatable bonds is 6. The third kappa shape index (κ3) is 4.61. The van der Waals surface area contributed by atoms with Crippen molar-refractivity contribution in [3.63, 3.8) is 0 Å². The SMILES string of the molecule is CCN=C(NC1CCN(CC(F)F)CC1)NC1CC(C)(OC)C1(C)C. The highest BCUT2D eigenvalue weighted by Gasteiger charge is 2.58. The predicted molar refractivity (Wildman–Crippen MR) is 97.3 cm³/mol. The van der Waals surface area contributed by atoms with Crippen LogP contribution in [0.4, 0.5) is 8.78 Å². The zero-order valence-electron chi connectivity index (χ0n) is 16.2. The van der Waals surface area contributed by atoms with Gasteiger partial charge in [-0.05, 0) is 33.1 Å². The summed E-state index contributed by atoms with van der Waals surface area (Å²) in [6.07, 6.45) is 0.412. The van der Waals surface area contributed by atoms with Crippen LogP contribution in [0.5, 0.6) is 0 Å². The van der Waals surface area contributed by atoms with Crippen LogP contribution in [0.25, 0.3) is 0 Å². The molecule has 1 saturated carbocycles. The highest BCUT2D eigenvalue weighted by Crippen LogP contribution is 2.51. The molecule has 2 fully saturated rings. The van der Waals surface area contributed by atoms with Crippen LogP contribution >= 0.6 is 0 Å². The minimum Gasteiger partial charge on any atom is -0.378 e. The van der Waals surface area contributed by atoms with Crippen molar-refractivity contribution < 1.29 is 13.5 Å². The molecule has 2 N–H and O–H groups in total. The van der Waals surface area contributed by atoms with Crippen LogP contribution in [-0.2, 0) is 4.74 Å². The Morgan fingerprint density at radius 1 is 1.24 bits per heavy atom. The first-order valence-electron chi connectivity index (χ1n) is 9.35. The number of methoxy groups -OCH3 is 1. The maximum absolute atomic E-state index is 12.5. The third-order valence-corrected chi connectivity index (χ3v) is 6.23. The fourth-order valence-electron chi connectivity index (χ4n) is 3.83. The normalized spacial score (nSPS) is 31.0. The zero-order chi connectivity index (χ0) is 18.7. The van der Waals surface area contributed by atoms with Gasteiger partial charge in [0.1, 0.15) is 0 Å². The minimum atomic E-state index is -2.25. The van der Waals surface area contributed by atoms with E-state index in [0.717, 1.165) is 25.2 Å². The van der Waals surface area contributed by atoms with Gasteiger partial charge in [-0.2, -0.15) is 0 Å². The molecule has 2 unspecified atom stereocenters. The highest BCUT2D eigenvalue weighted by molar-refractivity contribution is 5.80. The lowest BCUT2D eigenvalue weighted by molar-refractivity contribution is -0.176. The smallest absolute Gasteiger partial charge is 0.251 e. The van der Waals surface area contributed by atoms with Gasteiger partial charge in [-0.25, -0.2) is 8.78 Å². The number of alkyl halides is 2. The fourth-order valence-corrected chi connectivity index (χ4v) is 3.83. The van der Waals surface area contributed by atoms with Gasteiger partial charge in [0.05, 0.1) is 12.1 Å². The summed E-state index contributed by atoms with van der Waals surface area (Å²) in [6, 6.07) is 0.581. The second-order valence-corrected chi connectivity index (χ2v) is 7.99. The summed E-state index contributed by atoms with van der Waals surface area (Å²) < 4.78 is 30.7. The maximum atomic E-state index is 12.5. The monoisotopic (exact) mass is 360 g/mol. The van der Waals surface area contributed by atoms with Crippen molar-refractivity contribution in [3.05, 3.63) is 0 Å². The number of guanidine groups is 1. The Hall–Kier alpha value is -0.950. The van der Waals surface area contributed by atoms with Gasteiger partial charge >= 0.3 is 0 Å². The summed E-state index contributed by atoms with van der Waals surface area (Å²) in [5.74, 6) is 0.825. The summed E-state index contributed by atoms with van der Waals surface area (Å²) in [5.41, 5.74) is -0.110. The quantitative estimate of drug-likeness (QED) is 0.564. The van der Waals surface area contributed by atoms with Crippen molar-refractivity contribution in [1.29, 1.82) is 0 Å². The number of likely N-dealkylation sites (tertiary alicyclic amines) is 1. The number of aliphatic imine (C=N–C) groups is 1. The molecule has 2 atom stereocenters.